The van der Waals surface area contributed by atoms with Crippen molar-refractivity contribution in [2.24, 2.45) is 0 Å². The molecular formula is C66H83N5O8SSi2. The van der Waals surface area contributed by atoms with E-state index in [2.05, 4.69) is 128 Å². The SMILES string of the molecule is CCCCN(CCCC)C(=O)c1cn(CCOCCO[Si](c2ccccc2)(c2ccccc2)C(C)(C)C)c(-c2ccc(C(=O)NS(=O)(=O)c3ccc4ccccc4c3)cc2C(=O)N2Cc3ccccc3CC2CO[Si](C)(C)C(C)(C)C)n1. The Bertz CT molecular complexity index is 3400. The van der Waals surface area contributed by atoms with Crippen LogP contribution in [0.25, 0.3) is 22.2 Å². The first kappa shape index (κ1) is 61.5. The second kappa shape index (κ2) is 26.4. The topological polar surface area (TPSA) is 149 Å². The second-order valence-corrected chi connectivity index (χ2v) is 34.9. The van der Waals surface area contributed by atoms with E-state index >= 15 is 4.79 Å². The largest absolute Gasteiger partial charge is 0.415 e. The van der Waals surface area contributed by atoms with Gasteiger partial charge in [-0.1, -0.05) is 183 Å². The molecule has 0 saturated heterocycles. The van der Waals surface area contributed by atoms with Gasteiger partial charge in [-0.3, -0.25) is 14.4 Å². The first-order valence-corrected chi connectivity index (χ1v) is 35.3. The molecule has 1 unspecified atom stereocenters. The Balaban J connectivity index is 1.18. The van der Waals surface area contributed by atoms with Crippen molar-refractivity contribution in [3.8, 4) is 11.4 Å². The first-order valence-electron chi connectivity index (χ1n) is 29.0. The zero-order chi connectivity index (χ0) is 58.9. The van der Waals surface area contributed by atoms with E-state index < -0.39 is 44.5 Å². The van der Waals surface area contributed by atoms with Crippen LogP contribution in [0.5, 0.6) is 0 Å². The number of imidazole rings is 1. The predicted octanol–water partition coefficient (Wildman–Crippen LogP) is 12.0. The van der Waals surface area contributed by atoms with Crippen LogP contribution in [0.3, 0.4) is 0 Å². The average Bonchev–Trinajstić information content (AvgIpc) is 2.39. The fraction of sp³-hybridized carbons (Fsp3) is 0.394. The van der Waals surface area contributed by atoms with E-state index in [4.69, 9.17) is 18.6 Å². The Kier molecular flexibility index (Phi) is 19.8. The Morgan fingerprint density at radius 2 is 1.30 bits per heavy atom. The van der Waals surface area contributed by atoms with Crippen LogP contribution in [0.1, 0.15) is 123 Å². The molecule has 16 heteroatoms. The summed E-state index contributed by atoms with van der Waals surface area (Å²) in [5.74, 6) is -1.20. The second-order valence-electron chi connectivity index (χ2n) is 24.1. The van der Waals surface area contributed by atoms with E-state index in [1.54, 1.807) is 18.3 Å². The minimum absolute atomic E-state index is 0.0492. The van der Waals surface area contributed by atoms with Crippen molar-refractivity contribution in [1.82, 2.24) is 24.1 Å². The van der Waals surface area contributed by atoms with E-state index in [-0.39, 0.29) is 70.6 Å². The van der Waals surface area contributed by atoms with Gasteiger partial charge in [-0.2, -0.15) is 0 Å². The molecule has 6 aromatic carbocycles. The predicted molar refractivity (Wildman–Crippen MR) is 333 cm³/mol. The van der Waals surface area contributed by atoms with Gasteiger partial charge in [0, 0.05) is 43.5 Å². The molecule has 13 nitrogen and oxygen atoms in total. The number of benzene rings is 6. The van der Waals surface area contributed by atoms with E-state index in [9.17, 15) is 18.0 Å². The molecule has 0 aliphatic carbocycles. The molecule has 82 heavy (non-hydrogen) atoms. The quantitative estimate of drug-likeness (QED) is 0.0461. The van der Waals surface area contributed by atoms with Crippen LogP contribution in [0.2, 0.25) is 23.2 Å². The third-order valence-corrected chi connectivity index (χ3v) is 27.2. The van der Waals surface area contributed by atoms with Gasteiger partial charge in [0.1, 0.15) is 11.5 Å². The standard InChI is InChI=1S/C66H83N5O8SSi2/c1-11-13-37-69(38-14-12-2)64(74)60-47-70(39-40-77-41-42-78-82(66(6,7)8,56-29-17-15-18-30-56)57-31-19-16-20-32-57)61(67-60)58-36-34-52(62(72)68-80(75,76)55-35-33-49-25-21-22-27-51(49)44-55)45-59(58)63(73)71-46-53-28-24-23-26-50(53)43-54(71)48-79-81(9,10)65(3,4)5/h15-36,44-45,47,54H,11-14,37-43,46,48H2,1-10H3,(H,68,72). The number of nitrogens with one attached hydrogen (secondary N) is 1. The number of ether oxygens (including phenoxy) is 1. The molecule has 0 fully saturated rings. The molecule has 3 amide bonds. The summed E-state index contributed by atoms with van der Waals surface area (Å²) < 4.78 is 52.6. The van der Waals surface area contributed by atoms with Gasteiger partial charge in [0.05, 0.1) is 42.9 Å². The summed E-state index contributed by atoms with van der Waals surface area (Å²) >= 11 is 0. The normalized spacial score (nSPS) is 14.2. The van der Waals surface area contributed by atoms with Crippen molar-refractivity contribution in [3.05, 3.63) is 180 Å². The molecule has 0 radical (unpaired) electrons. The molecule has 7 aromatic rings. The lowest BCUT2D eigenvalue weighted by molar-refractivity contribution is 0.0555. The van der Waals surface area contributed by atoms with Gasteiger partial charge in [-0.15, -0.1) is 0 Å². The molecule has 0 bridgehead atoms. The number of hydrogen-bond acceptors (Lipinski definition) is 9. The number of amides is 3. The maximum Gasteiger partial charge on any atom is 0.274 e. The van der Waals surface area contributed by atoms with Crippen molar-refractivity contribution < 1.29 is 36.4 Å². The number of nitrogens with zero attached hydrogens (tertiary/aromatic N) is 4. The average molecular weight is 1160 g/mol. The smallest absolute Gasteiger partial charge is 0.274 e. The van der Waals surface area contributed by atoms with E-state index in [1.165, 1.54) is 34.6 Å². The van der Waals surface area contributed by atoms with Crippen molar-refractivity contribution in [2.45, 2.75) is 135 Å². The molecule has 2 heterocycles. The minimum atomic E-state index is -4.37. The number of aromatic nitrogens is 2. The van der Waals surface area contributed by atoms with Crippen molar-refractivity contribution in [1.29, 1.82) is 0 Å². The van der Waals surface area contributed by atoms with Crippen LogP contribution >= 0.6 is 0 Å². The minimum Gasteiger partial charge on any atom is -0.415 e. The molecule has 8 rings (SSSR count). The van der Waals surface area contributed by atoms with Crippen LogP contribution in [0.4, 0.5) is 0 Å². The Morgan fingerprint density at radius 1 is 0.695 bits per heavy atom. The summed E-state index contributed by atoms with van der Waals surface area (Å²) in [7, 11) is -9.52. The van der Waals surface area contributed by atoms with Gasteiger partial charge in [0.25, 0.3) is 36.1 Å². The highest BCUT2D eigenvalue weighted by molar-refractivity contribution is 7.90. The molecule has 1 aliphatic heterocycles. The van der Waals surface area contributed by atoms with E-state index in [0.717, 1.165) is 42.2 Å². The van der Waals surface area contributed by atoms with Gasteiger partial charge in [0.2, 0.25) is 0 Å². The summed E-state index contributed by atoms with van der Waals surface area (Å²) in [5.41, 5.74) is 2.75. The summed E-state index contributed by atoms with van der Waals surface area (Å²) in [4.78, 5) is 53.7. The van der Waals surface area contributed by atoms with Gasteiger partial charge < -0.3 is 28.0 Å². The van der Waals surface area contributed by atoms with Crippen molar-refractivity contribution in [3.63, 3.8) is 0 Å². The highest BCUT2D eigenvalue weighted by Gasteiger charge is 2.50. The molecule has 434 valence electrons. The van der Waals surface area contributed by atoms with Crippen LogP contribution in [0, 0.1) is 0 Å². The number of hydrogen-bond donors (Lipinski definition) is 1. The third-order valence-electron chi connectivity index (χ3n) is 16.4. The van der Waals surface area contributed by atoms with Gasteiger partial charge >= 0.3 is 0 Å². The highest BCUT2D eigenvalue weighted by Crippen LogP contribution is 2.39. The number of unbranched alkanes of at least 4 members (excludes halogenated alkanes) is 2. The number of carbonyl (C=O) groups is 3. The fourth-order valence-corrected chi connectivity index (χ4v) is 17.2. The summed E-state index contributed by atoms with van der Waals surface area (Å²) in [6.07, 6.45) is 5.74. The van der Waals surface area contributed by atoms with E-state index in [1.807, 2.05) is 69.0 Å². The lowest BCUT2D eigenvalue weighted by atomic mass is 9.92. The fourth-order valence-electron chi connectivity index (χ4n) is 10.6. The van der Waals surface area contributed by atoms with Crippen LogP contribution < -0.4 is 15.1 Å². The Morgan fingerprint density at radius 3 is 1.93 bits per heavy atom. The first-order chi connectivity index (χ1) is 39.1. The maximum absolute atomic E-state index is 15.9. The summed E-state index contributed by atoms with van der Waals surface area (Å²) in [6, 6.07) is 45.3. The number of carbonyl (C=O) groups excluding carboxylic acids is 3. The maximum atomic E-state index is 15.9. The monoisotopic (exact) mass is 1160 g/mol. The molecule has 1 N–H and O–H groups in total. The van der Waals surface area contributed by atoms with Crippen molar-refractivity contribution in [2.75, 3.05) is 39.5 Å². The Labute approximate surface area is 488 Å². The lowest BCUT2D eigenvalue weighted by Gasteiger charge is -2.43. The Hall–Kier alpha value is -6.54. The van der Waals surface area contributed by atoms with Gasteiger partial charge in [-0.25, -0.2) is 18.1 Å². The van der Waals surface area contributed by atoms with Gasteiger partial charge in [0.15, 0.2) is 8.32 Å². The summed E-state index contributed by atoms with van der Waals surface area (Å²) in [5, 5.41) is 3.58. The van der Waals surface area contributed by atoms with Crippen LogP contribution in [0.15, 0.2) is 157 Å². The molecule has 1 aromatic heterocycles. The molecule has 0 saturated carbocycles. The molecule has 1 atom stereocenters. The zero-order valence-corrected chi connectivity index (χ0v) is 52.5. The zero-order valence-electron chi connectivity index (χ0n) is 49.7. The highest BCUT2D eigenvalue weighted by atomic mass is 32.2. The number of rotatable bonds is 24. The van der Waals surface area contributed by atoms with Gasteiger partial charge in [-0.05, 0) is 105 Å². The number of fused-ring (bicyclic) bond motifs is 2. The summed E-state index contributed by atoms with van der Waals surface area (Å²) in [6.45, 7) is 24.6. The molecular weight excluding hydrogens is 1080 g/mol. The molecule has 1 aliphatic rings. The lowest BCUT2D eigenvalue weighted by Crippen LogP contribution is -2.66. The molecule has 0 spiro atoms. The van der Waals surface area contributed by atoms with Crippen molar-refractivity contribution >= 4 is 65.5 Å². The van der Waals surface area contributed by atoms with Crippen LogP contribution in [-0.4, -0.2) is 108 Å². The van der Waals surface area contributed by atoms with E-state index in [0.29, 0.717) is 42.9 Å². The number of sulfonamides is 1. The van der Waals surface area contributed by atoms with Crippen LogP contribution in [-0.2, 0) is 43.1 Å². The third kappa shape index (κ3) is 13.9.